The topological polar surface area (TPSA) is 76.4 Å². The standard InChI is InChI=1S/C19H28N6O.HI/c1-20-19(21-12-11-15-8-5-6-9-16(15)26-2)22-14-18-24-23-17-10-4-3-7-13-25(17)18;/h5-6,8-9H,3-4,7,10-14H2,1-2H3,(H2,20,21,22);1H. The molecule has 2 aromatic rings. The summed E-state index contributed by atoms with van der Waals surface area (Å²) in [6.07, 6.45) is 5.56. The van der Waals surface area contributed by atoms with Gasteiger partial charge in [0.1, 0.15) is 11.6 Å². The molecule has 0 amide bonds. The van der Waals surface area contributed by atoms with E-state index >= 15 is 0 Å². The molecule has 0 saturated carbocycles. The van der Waals surface area contributed by atoms with Gasteiger partial charge < -0.3 is 19.9 Å². The maximum Gasteiger partial charge on any atom is 0.191 e. The zero-order valence-corrected chi connectivity index (χ0v) is 18.4. The predicted octanol–water partition coefficient (Wildman–Crippen LogP) is 2.54. The first kappa shape index (κ1) is 21.5. The molecule has 1 aliphatic rings. The fourth-order valence-corrected chi connectivity index (χ4v) is 3.28. The number of nitrogens with one attached hydrogen (secondary N) is 2. The average Bonchev–Trinajstić information content (AvgIpc) is 2.91. The second-order valence-corrected chi connectivity index (χ2v) is 6.41. The van der Waals surface area contributed by atoms with Gasteiger partial charge in [0.05, 0.1) is 13.7 Å². The molecule has 0 saturated heterocycles. The lowest BCUT2D eigenvalue weighted by Gasteiger charge is -2.13. The number of fused-ring (bicyclic) bond motifs is 1. The number of nitrogens with zero attached hydrogens (tertiary/aromatic N) is 4. The Balaban J connectivity index is 0.00000261. The number of guanidine groups is 1. The van der Waals surface area contributed by atoms with Crippen LogP contribution in [0.2, 0.25) is 0 Å². The number of hydrogen-bond donors (Lipinski definition) is 2. The number of halogens is 1. The van der Waals surface area contributed by atoms with Gasteiger partial charge in [-0.05, 0) is 30.9 Å². The van der Waals surface area contributed by atoms with Crippen molar-refractivity contribution in [3.63, 3.8) is 0 Å². The highest BCUT2D eigenvalue weighted by Gasteiger charge is 2.14. The molecule has 3 rings (SSSR count). The lowest BCUT2D eigenvalue weighted by Crippen LogP contribution is -2.38. The summed E-state index contributed by atoms with van der Waals surface area (Å²) in [6, 6.07) is 8.08. The molecular formula is C19H29IN6O. The van der Waals surface area contributed by atoms with Crippen LogP contribution in [0.1, 0.15) is 36.5 Å². The smallest absolute Gasteiger partial charge is 0.191 e. The van der Waals surface area contributed by atoms with Crippen molar-refractivity contribution in [1.29, 1.82) is 0 Å². The lowest BCUT2D eigenvalue weighted by atomic mass is 10.1. The van der Waals surface area contributed by atoms with E-state index < -0.39 is 0 Å². The number of methoxy groups -OCH3 is 1. The van der Waals surface area contributed by atoms with Gasteiger partial charge in [-0.3, -0.25) is 4.99 Å². The van der Waals surface area contributed by atoms with Crippen LogP contribution >= 0.6 is 24.0 Å². The molecule has 27 heavy (non-hydrogen) atoms. The van der Waals surface area contributed by atoms with Gasteiger partial charge in [0, 0.05) is 26.6 Å². The molecule has 1 aromatic heterocycles. The molecule has 0 atom stereocenters. The molecule has 0 spiro atoms. The van der Waals surface area contributed by atoms with Crippen molar-refractivity contribution in [2.75, 3.05) is 20.7 Å². The summed E-state index contributed by atoms with van der Waals surface area (Å²) in [6.45, 7) is 2.42. The minimum absolute atomic E-state index is 0. The molecule has 7 nitrogen and oxygen atoms in total. The Kier molecular flexibility index (Phi) is 8.83. The zero-order valence-electron chi connectivity index (χ0n) is 16.1. The van der Waals surface area contributed by atoms with E-state index in [1.165, 1.54) is 24.8 Å². The number of aliphatic imine (C=N–C) groups is 1. The summed E-state index contributed by atoms with van der Waals surface area (Å²) in [4.78, 5) is 4.30. The number of aromatic nitrogens is 3. The van der Waals surface area contributed by atoms with E-state index in [1.54, 1.807) is 14.2 Å². The first-order valence-corrected chi connectivity index (χ1v) is 9.29. The van der Waals surface area contributed by atoms with Crippen LogP contribution in [0.4, 0.5) is 0 Å². The van der Waals surface area contributed by atoms with E-state index in [2.05, 4.69) is 36.5 Å². The van der Waals surface area contributed by atoms with Crippen molar-refractivity contribution in [3.05, 3.63) is 41.5 Å². The summed E-state index contributed by atoms with van der Waals surface area (Å²) in [5.74, 6) is 3.78. The van der Waals surface area contributed by atoms with Crippen LogP contribution in [0.15, 0.2) is 29.3 Å². The number of benzene rings is 1. The van der Waals surface area contributed by atoms with E-state index in [0.29, 0.717) is 6.54 Å². The third-order valence-corrected chi connectivity index (χ3v) is 4.70. The van der Waals surface area contributed by atoms with Gasteiger partial charge in [-0.2, -0.15) is 0 Å². The highest BCUT2D eigenvalue weighted by Crippen LogP contribution is 2.17. The molecular weight excluding hydrogens is 455 g/mol. The Labute approximate surface area is 178 Å². The van der Waals surface area contributed by atoms with Crippen LogP contribution in [-0.4, -0.2) is 41.4 Å². The summed E-state index contributed by atoms with van der Waals surface area (Å²) < 4.78 is 7.65. The monoisotopic (exact) mass is 484 g/mol. The maximum absolute atomic E-state index is 5.40. The minimum atomic E-state index is 0. The van der Waals surface area contributed by atoms with Gasteiger partial charge in [0.15, 0.2) is 11.8 Å². The van der Waals surface area contributed by atoms with E-state index in [0.717, 1.165) is 49.3 Å². The molecule has 0 bridgehead atoms. The number of aryl methyl sites for hydroxylation is 1. The summed E-state index contributed by atoms with van der Waals surface area (Å²) >= 11 is 0. The largest absolute Gasteiger partial charge is 0.496 e. The lowest BCUT2D eigenvalue weighted by molar-refractivity contribution is 0.409. The van der Waals surface area contributed by atoms with E-state index in [-0.39, 0.29) is 24.0 Å². The van der Waals surface area contributed by atoms with Gasteiger partial charge in [-0.15, -0.1) is 34.2 Å². The first-order valence-electron chi connectivity index (χ1n) is 9.29. The van der Waals surface area contributed by atoms with Crippen molar-refractivity contribution < 1.29 is 4.74 Å². The number of ether oxygens (including phenoxy) is 1. The van der Waals surface area contributed by atoms with E-state index in [4.69, 9.17) is 4.74 Å². The molecule has 1 aliphatic heterocycles. The Bertz CT molecular complexity index is 746. The first-order chi connectivity index (χ1) is 12.8. The van der Waals surface area contributed by atoms with E-state index in [1.807, 2.05) is 18.2 Å². The van der Waals surface area contributed by atoms with Crippen molar-refractivity contribution in [1.82, 2.24) is 25.4 Å². The molecule has 0 radical (unpaired) electrons. The Morgan fingerprint density at radius 2 is 2.04 bits per heavy atom. The summed E-state index contributed by atoms with van der Waals surface area (Å²) in [5.41, 5.74) is 1.18. The number of para-hydroxylation sites is 1. The predicted molar refractivity (Wildman–Crippen MR) is 118 cm³/mol. The van der Waals surface area contributed by atoms with Crippen LogP contribution in [0.25, 0.3) is 0 Å². The normalized spacial score (nSPS) is 13.9. The molecule has 2 N–H and O–H groups in total. The van der Waals surface area contributed by atoms with Crippen molar-refractivity contribution in [2.24, 2.45) is 4.99 Å². The second-order valence-electron chi connectivity index (χ2n) is 6.41. The minimum Gasteiger partial charge on any atom is -0.496 e. The van der Waals surface area contributed by atoms with Gasteiger partial charge in [-0.25, -0.2) is 0 Å². The van der Waals surface area contributed by atoms with Crippen LogP contribution in [-0.2, 0) is 25.9 Å². The van der Waals surface area contributed by atoms with Crippen LogP contribution in [0, 0.1) is 0 Å². The fraction of sp³-hybridized carbons (Fsp3) is 0.526. The van der Waals surface area contributed by atoms with Crippen molar-refractivity contribution in [2.45, 2.75) is 45.2 Å². The fourth-order valence-electron chi connectivity index (χ4n) is 3.28. The highest BCUT2D eigenvalue weighted by atomic mass is 127. The summed E-state index contributed by atoms with van der Waals surface area (Å²) in [5, 5.41) is 15.4. The molecule has 1 aromatic carbocycles. The number of rotatable bonds is 6. The Morgan fingerprint density at radius 1 is 1.19 bits per heavy atom. The second kappa shape index (κ2) is 11.1. The van der Waals surface area contributed by atoms with Crippen LogP contribution < -0.4 is 15.4 Å². The Hall–Kier alpha value is -1.84. The van der Waals surface area contributed by atoms with Crippen LogP contribution in [0.3, 0.4) is 0 Å². The van der Waals surface area contributed by atoms with Crippen LogP contribution in [0.5, 0.6) is 5.75 Å². The molecule has 0 aliphatic carbocycles. The maximum atomic E-state index is 5.40. The molecule has 0 fully saturated rings. The molecule has 8 heteroatoms. The van der Waals surface area contributed by atoms with E-state index in [9.17, 15) is 0 Å². The van der Waals surface area contributed by atoms with Gasteiger partial charge in [0.2, 0.25) is 0 Å². The highest BCUT2D eigenvalue weighted by molar-refractivity contribution is 14.0. The van der Waals surface area contributed by atoms with Gasteiger partial charge >= 0.3 is 0 Å². The number of hydrogen-bond acceptors (Lipinski definition) is 4. The van der Waals surface area contributed by atoms with Gasteiger partial charge in [-0.1, -0.05) is 24.6 Å². The average molecular weight is 484 g/mol. The van der Waals surface area contributed by atoms with Gasteiger partial charge in [0.25, 0.3) is 0 Å². The molecule has 2 heterocycles. The molecule has 0 unspecified atom stereocenters. The third-order valence-electron chi connectivity index (χ3n) is 4.70. The SMILES string of the molecule is CN=C(NCCc1ccccc1OC)NCc1nnc2n1CCCCC2.I. The molecule has 148 valence electrons. The third kappa shape index (κ3) is 5.82. The summed E-state index contributed by atoms with van der Waals surface area (Å²) in [7, 11) is 3.48. The van der Waals surface area contributed by atoms with Crippen molar-refractivity contribution in [3.8, 4) is 5.75 Å². The zero-order chi connectivity index (χ0) is 18.2. The Morgan fingerprint density at radius 3 is 2.85 bits per heavy atom. The van der Waals surface area contributed by atoms with Crippen molar-refractivity contribution >= 4 is 29.9 Å². The quantitative estimate of drug-likeness (QED) is 0.375.